The lowest BCUT2D eigenvalue weighted by Crippen LogP contribution is -2.55. The van der Waals surface area contributed by atoms with E-state index in [1.807, 2.05) is 35.2 Å². The number of aromatic amines is 1. The Hall–Kier alpha value is -2.79. The molecule has 5 heteroatoms. The number of carbonyl (C=O) groups excluding carboxylic acids is 1. The molecule has 0 bridgehead atoms. The number of benzene rings is 2. The molecule has 2 amide bonds. The quantitative estimate of drug-likeness (QED) is 0.617. The summed E-state index contributed by atoms with van der Waals surface area (Å²) in [5, 5.41) is 8.12. The van der Waals surface area contributed by atoms with E-state index in [0.717, 1.165) is 44.6 Å². The summed E-state index contributed by atoms with van der Waals surface area (Å²) in [6.45, 7) is 2.49. The topological polar surface area (TPSA) is 60.2 Å². The van der Waals surface area contributed by atoms with Crippen LogP contribution in [0.2, 0.25) is 0 Å². The van der Waals surface area contributed by atoms with Gasteiger partial charge in [0.2, 0.25) is 0 Å². The summed E-state index contributed by atoms with van der Waals surface area (Å²) in [6, 6.07) is 18.2. The van der Waals surface area contributed by atoms with Gasteiger partial charge in [-0.05, 0) is 43.0 Å². The molecule has 0 saturated carbocycles. The molecule has 3 heterocycles. The lowest BCUT2D eigenvalue weighted by molar-refractivity contribution is 0.142. The number of piperidine rings is 1. The standard InChI is InChI=1S/C22H24N4O/c27-21(24-16-6-2-1-3-7-16)26-14-11-22(12-15-26)20-18(10-13-23-22)17-8-4-5-9-19(17)25-20/h1-9,23,25H,10-15H2,(H,24,27). The average Bonchev–Trinajstić information content (AvgIpc) is 3.10. The van der Waals surface area contributed by atoms with Gasteiger partial charge in [0.15, 0.2) is 0 Å². The summed E-state index contributed by atoms with van der Waals surface area (Å²) in [6.07, 6.45) is 2.91. The minimum atomic E-state index is -0.0455. The zero-order valence-electron chi connectivity index (χ0n) is 15.3. The molecule has 1 spiro atoms. The SMILES string of the molecule is O=C(Nc1ccccc1)N1CCC2(CC1)NCCc1c2[nH]c2ccccc12. The van der Waals surface area contributed by atoms with E-state index in [1.54, 1.807) is 0 Å². The number of amides is 2. The monoisotopic (exact) mass is 360 g/mol. The zero-order chi connectivity index (χ0) is 18.3. The Morgan fingerprint density at radius 3 is 2.56 bits per heavy atom. The highest BCUT2D eigenvalue weighted by atomic mass is 16.2. The predicted molar refractivity (Wildman–Crippen MR) is 108 cm³/mol. The number of rotatable bonds is 1. The maximum Gasteiger partial charge on any atom is 0.321 e. The van der Waals surface area contributed by atoms with Crippen LogP contribution in [0.3, 0.4) is 0 Å². The molecule has 1 aromatic heterocycles. The largest absolute Gasteiger partial charge is 0.357 e. The van der Waals surface area contributed by atoms with Crippen LogP contribution in [0.1, 0.15) is 24.1 Å². The van der Waals surface area contributed by atoms with Crippen LogP contribution in [0, 0.1) is 0 Å². The lowest BCUT2D eigenvalue weighted by atomic mass is 9.79. The molecule has 0 unspecified atom stereocenters. The number of aromatic nitrogens is 1. The van der Waals surface area contributed by atoms with E-state index in [9.17, 15) is 4.79 Å². The third-order valence-corrected chi connectivity index (χ3v) is 6.06. The third-order valence-electron chi connectivity index (χ3n) is 6.06. The molecule has 2 aliphatic heterocycles. The van der Waals surface area contributed by atoms with Crippen LogP contribution >= 0.6 is 0 Å². The molecule has 0 radical (unpaired) electrons. The Morgan fingerprint density at radius 1 is 1.00 bits per heavy atom. The number of urea groups is 1. The highest BCUT2D eigenvalue weighted by molar-refractivity contribution is 5.89. The minimum absolute atomic E-state index is 0.0104. The number of anilines is 1. The molecule has 5 rings (SSSR count). The van der Waals surface area contributed by atoms with E-state index in [4.69, 9.17) is 0 Å². The first-order valence-electron chi connectivity index (χ1n) is 9.71. The van der Waals surface area contributed by atoms with Gasteiger partial charge in [-0.25, -0.2) is 4.79 Å². The summed E-state index contributed by atoms with van der Waals surface area (Å²) in [5.74, 6) is 0. The number of H-pyrrole nitrogens is 1. The fourth-order valence-electron chi connectivity index (χ4n) is 4.63. The second-order valence-electron chi connectivity index (χ2n) is 7.57. The fourth-order valence-corrected chi connectivity index (χ4v) is 4.63. The van der Waals surface area contributed by atoms with Gasteiger partial charge < -0.3 is 20.5 Å². The molecular formula is C22H24N4O. The molecule has 0 aliphatic carbocycles. The van der Waals surface area contributed by atoms with Gasteiger partial charge in [0.1, 0.15) is 0 Å². The molecule has 138 valence electrons. The number of carbonyl (C=O) groups is 1. The van der Waals surface area contributed by atoms with Crippen LogP contribution < -0.4 is 10.6 Å². The molecule has 1 fully saturated rings. The highest BCUT2D eigenvalue weighted by Gasteiger charge is 2.42. The van der Waals surface area contributed by atoms with Crippen LogP contribution in [0.5, 0.6) is 0 Å². The molecule has 2 aromatic carbocycles. The summed E-state index contributed by atoms with van der Waals surface area (Å²) in [5.41, 5.74) is 4.80. The smallest absolute Gasteiger partial charge is 0.321 e. The molecule has 3 aromatic rings. The molecule has 2 aliphatic rings. The van der Waals surface area contributed by atoms with Crippen molar-refractivity contribution in [3.05, 3.63) is 65.9 Å². The van der Waals surface area contributed by atoms with Gasteiger partial charge in [-0.1, -0.05) is 36.4 Å². The number of hydrogen-bond donors (Lipinski definition) is 3. The second kappa shape index (κ2) is 6.43. The first kappa shape index (κ1) is 16.4. The summed E-state index contributed by atoms with van der Waals surface area (Å²) in [7, 11) is 0. The van der Waals surface area contributed by atoms with Crippen molar-refractivity contribution in [2.24, 2.45) is 0 Å². The molecule has 27 heavy (non-hydrogen) atoms. The summed E-state index contributed by atoms with van der Waals surface area (Å²) in [4.78, 5) is 18.2. The Kier molecular flexibility index (Phi) is 3.90. The van der Waals surface area contributed by atoms with Crippen molar-refractivity contribution in [1.29, 1.82) is 0 Å². The Bertz CT molecular complexity index is 970. The lowest BCUT2D eigenvalue weighted by Gasteiger charge is -2.44. The number of nitrogens with zero attached hydrogens (tertiary/aromatic N) is 1. The predicted octanol–water partition coefficient (Wildman–Crippen LogP) is 3.84. The third kappa shape index (κ3) is 2.79. The van der Waals surface area contributed by atoms with Gasteiger partial charge in [-0.2, -0.15) is 0 Å². The molecule has 5 nitrogen and oxygen atoms in total. The van der Waals surface area contributed by atoms with Gasteiger partial charge >= 0.3 is 6.03 Å². The van der Waals surface area contributed by atoms with Crippen LogP contribution in [0.4, 0.5) is 10.5 Å². The number of para-hydroxylation sites is 2. The van der Waals surface area contributed by atoms with Crippen molar-refractivity contribution >= 4 is 22.6 Å². The van der Waals surface area contributed by atoms with E-state index in [-0.39, 0.29) is 11.6 Å². The molecule has 1 saturated heterocycles. The van der Waals surface area contributed by atoms with Crippen LogP contribution in [0.15, 0.2) is 54.6 Å². The minimum Gasteiger partial charge on any atom is -0.357 e. The van der Waals surface area contributed by atoms with Crippen molar-refractivity contribution in [1.82, 2.24) is 15.2 Å². The van der Waals surface area contributed by atoms with Crippen LogP contribution in [-0.2, 0) is 12.0 Å². The number of fused-ring (bicyclic) bond motifs is 4. The zero-order valence-corrected chi connectivity index (χ0v) is 15.3. The highest BCUT2D eigenvalue weighted by Crippen LogP contribution is 2.40. The Morgan fingerprint density at radius 2 is 1.74 bits per heavy atom. The van der Waals surface area contributed by atoms with Gasteiger partial charge in [0.05, 0.1) is 5.54 Å². The molecular weight excluding hydrogens is 336 g/mol. The number of hydrogen-bond acceptors (Lipinski definition) is 2. The Labute approximate surface area is 158 Å². The summed E-state index contributed by atoms with van der Waals surface area (Å²) >= 11 is 0. The molecule has 3 N–H and O–H groups in total. The van der Waals surface area contributed by atoms with Crippen molar-refractivity contribution in [3.63, 3.8) is 0 Å². The van der Waals surface area contributed by atoms with Crippen molar-refractivity contribution in [3.8, 4) is 0 Å². The van der Waals surface area contributed by atoms with Crippen molar-refractivity contribution in [2.75, 3.05) is 25.0 Å². The van der Waals surface area contributed by atoms with Crippen LogP contribution in [-0.4, -0.2) is 35.5 Å². The second-order valence-corrected chi connectivity index (χ2v) is 7.57. The fraction of sp³-hybridized carbons (Fsp3) is 0.318. The molecule has 0 atom stereocenters. The van der Waals surface area contributed by atoms with Crippen molar-refractivity contribution < 1.29 is 4.79 Å². The van der Waals surface area contributed by atoms with E-state index >= 15 is 0 Å². The van der Waals surface area contributed by atoms with E-state index < -0.39 is 0 Å². The van der Waals surface area contributed by atoms with E-state index in [0.29, 0.717) is 0 Å². The van der Waals surface area contributed by atoms with Gasteiger partial charge in [-0.15, -0.1) is 0 Å². The van der Waals surface area contributed by atoms with Gasteiger partial charge in [-0.3, -0.25) is 0 Å². The van der Waals surface area contributed by atoms with Crippen LogP contribution in [0.25, 0.3) is 10.9 Å². The van der Waals surface area contributed by atoms with Gasteiger partial charge in [0.25, 0.3) is 0 Å². The maximum absolute atomic E-state index is 12.6. The Balaban J connectivity index is 1.35. The van der Waals surface area contributed by atoms with Gasteiger partial charge in [0, 0.05) is 41.9 Å². The number of likely N-dealkylation sites (tertiary alicyclic amines) is 1. The van der Waals surface area contributed by atoms with Crippen molar-refractivity contribution in [2.45, 2.75) is 24.8 Å². The normalized spacial score (nSPS) is 18.4. The average molecular weight is 360 g/mol. The maximum atomic E-state index is 12.6. The number of nitrogens with one attached hydrogen (secondary N) is 3. The van der Waals surface area contributed by atoms with E-state index in [2.05, 4.69) is 39.9 Å². The summed E-state index contributed by atoms with van der Waals surface area (Å²) < 4.78 is 0. The first-order valence-corrected chi connectivity index (χ1v) is 9.71. The van der Waals surface area contributed by atoms with E-state index in [1.165, 1.54) is 22.2 Å². The first-order chi connectivity index (χ1) is 13.3.